The Morgan fingerprint density at radius 1 is 1.23 bits per heavy atom. The van der Waals surface area contributed by atoms with E-state index in [2.05, 4.69) is 0 Å². The van der Waals surface area contributed by atoms with Crippen LogP contribution in [0, 0.1) is 0 Å². The van der Waals surface area contributed by atoms with Crippen LogP contribution in [0.25, 0.3) is 0 Å². The van der Waals surface area contributed by atoms with Gasteiger partial charge in [-0.15, -0.1) is 0 Å². The normalized spacial score (nSPS) is 22.6. The van der Waals surface area contributed by atoms with Gasteiger partial charge in [-0.1, -0.05) is 11.6 Å². The van der Waals surface area contributed by atoms with Crippen LogP contribution >= 0.6 is 11.6 Å². The van der Waals surface area contributed by atoms with Gasteiger partial charge in [-0.05, 0) is 38.1 Å². The molecule has 0 N–H and O–H groups in total. The summed E-state index contributed by atoms with van der Waals surface area (Å²) < 4.78 is 30.0. The second-order valence-corrected chi connectivity index (χ2v) is 8.12. The smallest absolute Gasteiger partial charge is 0.223 e. The van der Waals surface area contributed by atoms with Gasteiger partial charge in [0.25, 0.3) is 0 Å². The topological polar surface area (TPSA) is 63.7 Å². The Morgan fingerprint density at radius 3 is 2.32 bits per heavy atom. The summed E-state index contributed by atoms with van der Waals surface area (Å²) in [6.45, 7) is 4.81. The van der Waals surface area contributed by atoms with E-state index in [-0.39, 0.29) is 35.2 Å². The molecule has 1 aromatic carbocycles. The van der Waals surface area contributed by atoms with Gasteiger partial charge in [0.05, 0.1) is 22.9 Å². The zero-order valence-electron chi connectivity index (χ0n) is 12.7. The Balaban J connectivity index is 1.96. The molecule has 0 unspecified atom stereocenters. The quantitative estimate of drug-likeness (QED) is 0.838. The van der Waals surface area contributed by atoms with Crippen molar-refractivity contribution in [1.29, 1.82) is 0 Å². The van der Waals surface area contributed by atoms with Crippen molar-refractivity contribution in [2.45, 2.75) is 37.4 Å². The molecule has 5 nitrogen and oxygen atoms in total. The minimum atomic E-state index is -3.48. The molecule has 0 aromatic heterocycles. The third-order valence-corrected chi connectivity index (χ3v) is 5.51. The monoisotopic (exact) mass is 345 g/mol. The lowest BCUT2D eigenvalue weighted by Crippen LogP contribution is -2.48. The van der Waals surface area contributed by atoms with E-state index in [1.165, 1.54) is 24.3 Å². The predicted octanol–water partition coefficient (Wildman–Crippen LogP) is 2.14. The number of halogens is 1. The Kier molecular flexibility index (Phi) is 5.47. The van der Waals surface area contributed by atoms with Gasteiger partial charge < -0.3 is 9.64 Å². The first-order chi connectivity index (χ1) is 10.3. The molecule has 22 heavy (non-hydrogen) atoms. The molecule has 1 aliphatic heterocycles. The third kappa shape index (κ3) is 4.44. The molecule has 0 saturated carbocycles. The fraction of sp³-hybridized carbons (Fsp3) is 0.533. The lowest BCUT2D eigenvalue weighted by atomic mass is 10.2. The Bertz CT molecular complexity index is 619. The summed E-state index contributed by atoms with van der Waals surface area (Å²) in [5.41, 5.74) is 0. The van der Waals surface area contributed by atoms with Gasteiger partial charge >= 0.3 is 0 Å². The highest BCUT2D eigenvalue weighted by Gasteiger charge is 2.27. The zero-order valence-corrected chi connectivity index (χ0v) is 14.2. The first kappa shape index (κ1) is 17.2. The minimum Gasteiger partial charge on any atom is -0.372 e. The molecule has 1 aromatic rings. The standard InChI is InChI=1S/C15H20ClNO4S/c1-11-9-17(10-12(2)21-11)15(18)7-8-22(19,20)14-5-3-13(16)4-6-14/h3-6,11-12H,7-10H2,1-2H3/t11-,12-/m0/s1. The van der Waals surface area contributed by atoms with E-state index in [1.807, 2.05) is 13.8 Å². The molecular formula is C15H20ClNO4S. The SMILES string of the molecule is C[C@H]1CN(C(=O)CCS(=O)(=O)c2ccc(Cl)cc2)C[C@H](C)O1. The number of hydrogen-bond donors (Lipinski definition) is 0. The summed E-state index contributed by atoms with van der Waals surface area (Å²) >= 11 is 5.75. The molecule has 1 saturated heterocycles. The first-order valence-electron chi connectivity index (χ1n) is 7.19. The molecule has 2 rings (SSSR count). The van der Waals surface area contributed by atoms with E-state index < -0.39 is 9.84 Å². The third-order valence-electron chi connectivity index (χ3n) is 3.53. The predicted molar refractivity (Wildman–Crippen MR) is 84.7 cm³/mol. The summed E-state index contributed by atoms with van der Waals surface area (Å²) in [4.78, 5) is 14.1. The van der Waals surface area contributed by atoms with Crippen molar-refractivity contribution >= 4 is 27.3 Å². The molecule has 0 bridgehead atoms. The van der Waals surface area contributed by atoms with Gasteiger partial charge in [0.2, 0.25) is 5.91 Å². The van der Waals surface area contributed by atoms with Gasteiger partial charge in [0.15, 0.2) is 9.84 Å². The lowest BCUT2D eigenvalue weighted by molar-refractivity contribution is -0.142. The molecule has 122 valence electrons. The van der Waals surface area contributed by atoms with E-state index >= 15 is 0 Å². The molecule has 7 heteroatoms. The molecule has 2 atom stereocenters. The number of benzene rings is 1. The van der Waals surface area contributed by atoms with E-state index in [0.717, 1.165) is 0 Å². The van der Waals surface area contributed by atoms with Crippen LogP contribution in [0.3, 0.4) is 0 Å². The van der Waals surface area contributed by atoms with Crippen LogP contribution < -0.4 is 0 Å². The van der Waals surface area contributed by atoms with Crippen molar-refractivity contribution in [3.05, 3.63) is 29.3 Å². The maximum absolute atomic E-state index is 12.2. The molecule has 0 spiro atoms. The van der Waals surface area contributed by atoms with E-state index in [0.29, 0.717) is 18.1 Å². The van der Waals surface area contributed by atoms with Gasteiger partial charge in [-0.25, -0.2) is 8.42 Å². The summed E-state index contributed by atoms with van der Waals surface area (Å²) in [7, 11) is -3.48. The molecule has 1 fully saturated rings. The Labute approximate surface area is 136 Å². The van der Waals surface area contributed by atoms with Crippen LogP contribution in [-0.2, 0) is 19.4 Å². The number of amides is 1. The highest BCUT2D eigenvalue weighted by atomic mass is 35.5. The van der Waals surface area contributed by atoms with E-state index in [4.69, 9.17) is 16.3 Å². The van der Waals surface area contributed by atoms with Crippen LogP contribution in [0.1, 0.15) is 20.3 Å². The lowest BCUT2D eigenvalue weighted by Gasteiger charge is -2.35. The molecule has 1 aliphatic rings. The van der Waals surface area contributed by atoms with Crippen molar-refractivity contribution in [3.63, 3.8) is 0 Å². The first-order valence-corrected chi connectivity index (χ1v) is 9.22. The molecule has 0 aliphatic carbocycles. The number of hydrogen-bond acceptors (Lipinski definition) is 4. The van der Waals surface area contributed by atoms with E-state index in [1.54, 1.807) is 4.90 Å². The van der Waals surface area contributed by atoms with Crippen LogP contribution in [0.5, 0.6) is 0 Å². The number of carbonyl (C=O) groups is 1. The number of ether oxygens (including phenoxy) is 1. The number of morpholine rings is 1. The summed E-state index contributed by atoms with van der Waals surface area (Å²) in [5, 5.41) is 0.478. The van der Waals surface area contributed by atoms with Crippen molar-refractivity contribution in [2.24, 2.45) is 0 Å². The van der Waals surface area contributed by atoms with Crippen molar-refractivity contribution in [3.8, 4) is 0 Å². The second-order valence-electron chi connectivity index (χ2n) is 5.58. The average Bonchev–Trinajstić information content (AvgIpc) is 2.44. The van der Waals surface area contributed by atoms with Crippen LogP contribution in [0.4, 0.5) is 0 Å². The highest BCUT2D eigenvalue weighted by molar-refractivity contribution is 7.91. The summed E-state index contributed by atoms with van der Waals surface area (Å²) in [5.74, 6) is -0.354. The summed E-state index contributed by atoms with van der Waals surface area (Å²) in [6, 6.07) is 5.98. The zero-order chi connectivity index (χ0) is 16.3. The molecule has 1 amide bonds. The second kappa shape index (κ2) is 6.98. The fourth-order valence-corrected chi connectivity index (χ4v) is 3.88. The number of carbonyl (C=O) groups excluding carboxylic acids is 1. The number of sulfone groups is 1. The van der Waals surface area contributed by atoms with E-state index in [9.17, 15) is 13.2 Å². The van der Waals surface area contributed by atoms with Crippen molar-refractivity contribution in [1.82, 2.24) is 4.90 Å². The minimum absolute atomic E-state index is 0.0234. The number of rotatable bonds is 4. The van der Waals surface area contributed by atoms with Gasteiger partial charge in [-0.3, -0.25) is 4.79 Å². The molecule has 1 heterocycles. The van der Waals surface area contributed by atoms with Crippen LogP contribution in [-0.4, -0.2) is 50.3 Å². The maximum Gasteiger partial charge on any atom is 0.223 e. The van der Waals surface area contributed by atoms with Crippen LogP contribution in [0.15, 0.2) is 29.2 Å². The molecule has 0 radical (unpaired) electrons. The van der Waals surface area contributed by atoms with Gasteiger partial charge in [0, 0.05) is 24.5 Å². The van der Waals surface area contributed by atoms with Gasteiger partial charge in [0.1, 0.15) is 0 Å². The average molecular weight is 346 g/mol. The largest absolute Gasteiger partial charge is 0.372 e. The van der Waals surface area contributed by atoms with Gasteiger partial charge in [-0.2, -0.15) is 0 Å². The molecular weight excluding hydrogens is 326 g/mol. The fourth-order valence-electron chi connectivity index (χ4n) is 2.52. The maximum atomic E-state index is 12.2. The Morgan fingerprint density at radius 2 is 1.77 bits per heavy atom. The van der Waals surface area contributed by atoms with Crippen molar-refractivity contribution < 1.29 is 17.9 Å². The Hall–Kier alpha value is -1.11. The van der Waals surface area contributed by atoms with Crippen LogP contribution in [0.2, 0.25) is 5.02 Å². The summed E-state index contributed by atoms with van der Waals surface area (Å²) in [6.07, 6.45) is -0.0779. The van der Waals surface area contributed by atoms with Crippen molar-refractivity contribution in [2.75, 3.05) is 18.8 Å². The highest BCUT2D eigenvalue weighted by Crippen LogP contribution is 2.17. The number of nitrogens with zero attached hydrogens (tertiary/aromatic N) is 1.